The largest absolute Gasteiger partial charge is 0.348 e. The molecule has 3 amide bonds. The number of benzene rings is 3. The van der Waals surface area contributed by atoms with E-state index in [9.17, 15) is 18.9 Å². The van der Waals surface area contributed by atoms with Gasteiger partial charge in [-0.1, -0.05) is 72.8 Å². The molecule has 224 valence electrons. The predicted molar refractivity (Wildman–Crippen MR) is 166 cm³/mol. The third kappa shape index (κ3) is 8.38. The first kappa shape index (κ1) is 32.7. The SMILES string of the molecule is CCN(CC)C(=O)COP(=O)(OCC(=O)N(CC)CC)C(C(=O)NC=Cc1ccccc1)c1cccc2ccccc12. The van der Waals surface area contributed by atoms with Gasteiger partial charge >= 0.3 is 7.60 Å². The van der Waals surface area contributed by atoms with Crippen LogP contribution in [-0.2, 0) is 28.0 Å². The number of carbonyl (C=O) groups excluding carboxylic acids is 3. The van der Waals surface area contributed by atoms with Gasteiger partial charge in [0, 0.05) is 32.4 Å². The first-order valence-electron chi connectivity index (χ1n) is 14.2. The summed E-state index contributed by atoms with van der Waals surface area (Å²) in [7, 11) is -4.49. The standard InChI is InChI=1S/C32H40N3O6P/c1-5-34(6-2)29(36)23-40-42(39,41-24-30(37)35(7-3)8-4)31(28-20-14-18-26-17-12-13-19-27(26)28)32(38)33-22-21-25-15-10-9-11-16-25/h9-22,31H,5-8,23-24H2,1-4H3,(H,33,38). The molecule has 0 heterocycles. The van der Waals surface area contributed by atoms with Crippen LogP contribution in [0.25, 0.3) is 16.8 Å². The van der Waals surface area contributed by atoms with Gasteiger partial charge in [-0.3, -0.25) is 28.0 Å². The lowest BCUT2D eigenvalue weighted by Crippen LogP contribution is -2.35. The van der Waals surface area contributed by atoms with Crippen molar-refractivity contribution in [3.8, 4) is 0 Å². The Morgan fingerprint density at radius 3 is 1.86 bits per heavy atom. The number of nitrogens with zero attached hydrogens (tertiary/aromatic N) is 2. The number of hydrogen-bond acceptors (Lipinski definition) is 6. The molecule has 0 radical (unpaired) electrons. The minimum atomic E-state index is -4.49. The van der Waals surface area contributed by atoms with Crippen LogP contribution < -0.4 is 5.32 Å². The molecule has 0 aliphatic rings. The Morgan fingerprint density at radius 1 is 0.762 bits per heavy atom. The molecule has 1 N–H and O–H groups in total. The zero-order valence-electron chi connectivity index (χ0n) is 24.7. The van der Waals surface area contributed by atoms with Crippen molar-refractivity contribution in [1.29, 1.82) is 0 Å². The van der Waals surface area contributed by atoms with Gasteiger partial charge in [-0.15, -0.1) is 0 Å². The molecule has 3 aromatic rings. The molecule has 0 aliphatic carbocycles. The van der Waals surface area contributed by atoms with Crippen molar-refractivity contribution in [2.75, 3.05) is 39.4 Å². The van der Waals surface area contributed by atoms with E-state index in [-0.39, 0.29) is 0 Å². The fraction of sp³-hybridized carbons (Fsp3) is 0.344. The summed E-state index contributed by atoms with van der Waals surface area (Å²) in [6.45, 7) is 7.88. The van der Waals surface area contributed by atoms with Gasteiger partial charge in [0.1, 0.15) is 13.2 Å². The molecule has 1 atom stereocenters. The molecule has 1 unspecified atom stereocenters. The van der Waals surface area contributed by atoms with Crippen molar-refractivity contribution < 1.29 is 28.0 Å². The fourth-order valence-corrected chi connectivity index (χ4v) is 6.50. The number of rotatable bonds is 15. The van der Waals surface area contributed by atoms with Crippen molar-refractivity contribution >= 4 is 42.2 Å². The Balaban J connectivity index is 2.07. The van der Waals surface area contributed by atoms with E-state index in [0.29, 0.717) is 37.1 Å². The molecule has 9 nitrogen and oxygen atoms in total. The summed E-state index contributed by atoms with van der Waals surface area (Å²) in [5, 5.41) is 4.21. The topological polar surface area (TPSA) is 105 Å². The number of nitrogens with one attached hydrogen (secondary N) is 1. The first-order chi connectivity index (χ1) is 20.3. The Bertz CT molecular complexity index is 1380. The quantitative estimate of drug-likeness (QED) is 0.229. The van der Waals surface area contributed by atoms with Crippen LogP contribution in [0.3, 0.4) is 0 Å². The lowest BCUT2D eigenvalue weighted by molar-refractivity contribution is -0.134. The lowest BCUT2D eigenvalue weighted by Gasteiger charge is -2.28. The zero-order valence-corrected chi connectivity index (χ0v) is 25.6. The second-order valence-electron chi connectivity index (χ2n) is 9.44. The third-order valence-corrected chi connectivity index (χ3v) is 9.07. The van der Waals surface area contributed by atoms with Crippen LogP contribution in [0.1, 0.15) is 44.5 Å². The molecular weight excluding hydrogens is 553 g/mol. The van der Waals surface area contributed by atoms with Gasteiger partial charge in [-0.05, 0) is 55.7 Å². The van der Waals surface area contributed by atoms with Gasteiger partial charge < -0.3 is 15.1 Å². The van der Waals surface area contributed by atoms with E-state index < -0.39 is 44.2 Å². The van der Waals surface area contributed by atoms with Crippen LogP contribution in [0.5, 0.6) is 0 Å². The van der Waals surface area contributed by atoms with Crippen molar-refractivity contribution in [2.45, 2.75) is 33.4 Å². The number of amides is 3. The molecule has 3 rings (SSSR count). The maximum atomic E-state index is 14.8. The Kier molecular flexibility index (Phi) is 12.5. The van der Waals surface area contributed by atoms with Crippen molar-refractivity contribution in [2.24, 2.45) is 0 Å². The van der Waals surface area contributed by atoms with Crippen LogP contribution in [0, 0.1) is 0 Å². The van der Waals surface area contributed by atoms with E-state index >= 15 is 0 Å². The average molecular weight is 594 g/mol. The molecule has 0 saturated carbocycles. The summed E-state index contributed by atoms with van der Waals surface area (Å²) in [5.41, 5.74) is -0.226. The molecule has 0 aromatic heterocycles. The number of fused-ring (bicyclic) bond motifs is 1. The molecule has 0 fully saturated rings. The first-order valence-corrected chi connectivity index (χ1v) is 15.8. The minimum absolute atomic E-state index is 0.396. The van der Waals surface area contributed by atoms with E-state index in [4.69, 9.17) is 9.05 Å². The van der Waals surface area contributed by atoms with Crippen LogP contribution in [0.2, 0.25) is 0 Å². The van der Waals surface area contributed by atoms with Crippen LogP contribution in [0.4, 0.5) is 0 Å². The number of carbonyl (C=O) groups is 3. The van der Waals surface area contributed by atoms with Gasteiger partial charge in [0.2, 0.25) is 17.7 Å². The monoisotopic (exact) mass is 593 g/mol. The van der Waals surface area contributed by atoms with E-state index in [1.165, 1.54) is 16.0 Å². The van der Waals surface area contributed by atoms with Crippen LogP contribution in [-0.4, -0.2) is 66.9 Å². The Morgan fingerprint density at radius 2 is 1.29 bits per heavy atom. The summed E-state index contributed by atoms with van der Waals surface area (Å²) in [4.78, 5) is 42.8. The van der Waals surface area contributed by atoms with Crippen molar-refractivity contribution in [3.63, 3.8) is 0 Å². The highest BCUT2D eigenvalue weighted by Gasteiger charge is 2.44. The normalized spacial score (nSPS) is 12.3. The van der Waals surface area contributed by atoms with Gasteiger partial charge in [-0.25, -0.2) is 0 Å². The molecule has 0 aliphatic heterocycles. The van der Waals surface area contributed by atoms with E-state index in [1.54, 1.807) is 18.2 Å². The van der Waals surface area contributed by atoms with Gasteiger partial charge in [0.05, 0.1) is 0 Å². The van der Waals surface area contributed by atoms with Crippen LogP contribution in [0.15, 0.2) is 79.0 Å². The molecule has 0 bridgehead atoms. The minimum Gasteiger partial charge on any atom is -0.341 e. The second-order valence-corrected chi connectivity index (χ2v) is 11.6. The average Bonchev–Trinajstić information content (AvgIpc) is 3.01. The summed E-state index contributed by atoms with van der Waals surface area (Å²) in [6, 6.07) is 22.1. The highest BCUT2D eigenvalue weighted by Crippen LogP contribution is 2.62. The smallest absolute Gasteiger partial charge is 0.341 e. The third-order valence-electron chi connectivity index (χ3n) is 6.95. The molecular formula is C32H40N3O6P. The summed E-state index contributed by atoms with van der Waals surface area (Å²) < 4.78 is 26.4. The van der Waals surface area contributed by atoms with Gasteiger partial charge in [0.15, 0.2) is 5.66 Å². The fourth-order valence-electron chi connectivity index (χ4n) is 4.62. The van der Waals surface area contributed by atoms with E-state index in [2.05, 4.69) is 5.32 Å². The highest BCUT2D eigenvalue weighted by atomic mass is 31.2. The molecule has 3 aromatic carbocycles. The lowest BCUT2D eigenvalue weighted by atomic mass is 10.0. The molecule has 0 spiro atoms. The highest BCUT2D eigenvalue weighted by molar-refractivity contribution is 7.55. The molecule has 0 saturated heterocycles. The summed E-state index contributed by atoms with van der Waals surface area (Å²) >= 11 is 0. The zero-order chi connectivity index (χ0) is 30.5. The maximum Gasteiger partial charge on any atom is 0.348 e. The van der Waals surface area contributed by atoms with E-state index in [1.807, 2.05) is 88.4 Å². The van der Waals surface area contributed by atoms with Gasteiger partial charge in [0.25, 0.3) is 0 Å². The maximum absolute atomic E-state index is 14.8. The summed E-state index contributed by atoms with van der Waals surface area (Å²) in [6.07, 6.45) is 3.17. The molecule has 42 heavy (non-hydrogen) atoms. The van der Waals surface area contributed by atoms with Crippen LogP contribution >= 0.6 is 7.60 Å². The van der Waals surface area contributed by atoms with Crippen molar-refractivity contribution in [1.82, 2.24) is 15.1 Å². The second kappa shape index (κ2) is 16.0. The Labute approximate surface area is 248 Å². The number of hydrogen-bond donors (Lipinski definition) is 1. The summed E-state index contributed by atoms with van der Waals surface area (Å²) in [5.74, 6) is -1.47. The molecule has 10 heteroatoms. The Hall–Kier alpha value is -3.78. The predicted octanol–water partition coefficient (Wildman–Crippen LogP) is 5.63. The number of likely N-dealkylation sites (N-methyl/N-ethyl adjacent to an activating group) is 2. The van der Waals surface area contributed by atoms with Crippen molar-refractivity contribution in [3.05, 3.63) is 90.1 Å². The van der Waals surface area contributed by atoms with E-state index in [0.717, 1.165) is 10.9 Å². The van der Waals surface area contributed by atoms with Gasteiger partial charge in [-0.2, -0.15) is 0 Å².